The number of carbonyl (C=O) groups is 2. The lowest BCUT2D eigenvalue weighted by Crippen LogP contribution is -2.28. The number of esters is 1. The van der Waals surface area contributed by atoms with E-state index in [0.717, 1.165) is 16.9 Å². The molecule has 0 bridgehead atoms. The molecule has 1 fully saturated rings. The molecule has 0 saturated carbocycles. The molecule has 7 heteroatoms. The summed E-state index contributed by atoms with van der Waals surface area (Å²) >= 11 is 1.47. The van der Waals surface area contributed by atoms with Crippen LogP contribution in [0.5, 0.6) is 0 Å². The Morgan fingerprint density at radius 3 is 2.46 bits per heavy atom. The molecule has 2 aromatic rings. The highest BCUT2D eigenvalue weighted by Gasteiger charge is 2.22. The van der Waals surface area contributed by atoms with E-state index in [4.69, 9.17) is 4.74 Å². The van der Waals surface area contributed by atoms with Crippen molar-refractivity contribution in [1.82, 2.24) is 4.90 Å². The SMILES string of the molecule is C=C(OCN1CCS/C1=N\C(=O)c1ccc(-c2ccccc2)cc1)C(=O)OC. The number of amidine groups is 1. The number of thioether (sulfide) groups is 1. The number of carbonyl (C=O) groups excluding carboxylic acids is 2. The van der Waals surface area contributed by atoms with Crippen LogP contribution >= 0.6 is 11.8 Å². The Hall–Kier alpha value is -3.06. The monoisotopic (exact) mass is 396 g/mol. The molecule has 144 valence electrons. The maximum Gasteiger partial charge on any atom is 0.372 e. The molecule has 0 atom stereocenters. The van der Waals surface area contributed by atoms with Crippen LogP contribution in [0.4, 0.5) is 0 Å². The predicted octanol–water partition coefficient (Wildman–Crippen LogP) is 3.56. The highest BCUT2D eigenvalue weighted by atomic mass is 32.2. The summed E-state index contributed by atoms with van der Waals surface area (Å²) < 4.78 is 9.86. The van der Waals surface area contributed by atoms with Crippen molar-refractivity contribution in [2.45, 2.75) is 0 Å². The van der Waals surface area contributed by atoms with Crippen LogP contribution in [0.2, 0.25) is 0 Å². The van der Waals surface area contributed by atoms with Gasteiger partial charge in [-0.3, -0.25) is 4.79 Å². The van der Waals surface area contributed by atoms with E-state index in [1.807, 2.05) is 42.5 Å². The van der Waals surface area contributed by atoms with E-state index in [1.165, 1.54) is 18.9 Å². The first-order chi connectivity index (χ1) is 13.6. The zero-order chi connectivity index (χ0) is 19.9. The van der Waals surface area contributed by atoms with Gasteiger partial charge in [0.05, 0.1) is 7.11 Å². The molecule has 0 spiro atoms. The van der Waals surface area contributed by atoms with Crippen LogP contribution in [0.1, 0.15) is 10.4 Å². The highest BCUT2D eigenvalue weighted by Crippen LogP contribution is 2.22. The molecule has 0 unspecified atom stereocenters. The van der Waals surface area contributed by atoms with Gasteiger partial charge in [-0.1, -0.05) is 54.2 Å². The van der Waals surface area contributed by atoms with Gasteiger partial charge in [0, 0.05) is 17.9 Å². The molecular formula is C21H20N2O4S. The van der Waals surface area contributed by atoms with Gasteiger partial charge in [-0.25, -0.2) is 4.79 Å². The zero-order valence-corrected chi connectivity index (χ0v) is 16.3. The molecule has 2 aromatic carbocycles. The Labute approximate surface area is 167 Å². The van der Waals surface area contributed by atoms with Crippen molar-refractivity contribution in [1.29, 1.82) is 0 Å². The first-order valence-electron chi connectivity index (χ1n) is 8.65. The average molecular weight is 396 g/mol. The third-order valence-corrected chi connectivity index (χ3v) is 5.10. The van der Waals surface area contributed by atoms with Gasteiger partial charge >= 0.3 is 5.97 Å². The molecule has 6 nitrogen and oxygen atoms in total. The number of hydrogen-bond acceptors (Lipinski definition) is 5. The lowest BCUT2D eigenvalue weighted by atomic mass is 10.0. The summed E-state index contributed by atoms with van der Waals surface area (Å²) in [7, 11) is 1.26. The molecule has 3 rings (SSSR count). The van der Waals surface area contributed by atoms with E-state index < -0.39 is 5.97 Å². The van der Waals surface area contributed by atoms with Crippen molar-refractivity contribution >= 4 is 28.8 Å². The normalized spacial score (nSPS) is 14.8. The van der Waals surface area contributed by atoms with E-state index in [-0.39, 0.29) is 18.4 Å². The maximum absolute atomic E-state index is 12.5. The third-order valence-electron chi connectivity index (χ3n) is 4.11. The summed E-state index contributed by atoms with van der Waals surface area (Å²) in [6, 6.07) is 17.3. The van der Waals surface area contributed by atoms with Crippen LogP contribution < -0.4 is 0 Å². The largest absolute Gasteiger partial charge is 0.466 e. The van der Waals surface area contributed by atoms with Gasteiger partial charge in [0.25, 0.3) is 5.91 Å². The fourth-order valence-corrected chi connectivity index (χ4v) is 3.54. The van der Waals surface area contributed by atoms with Crippen LogP contribution in [-0.2, 0) is 14.3 Å². The Bertz CT molecular complexity index is 894. The van der Waals surface area contributed by atoms with Gasteiger partial charge in [-0.15, -0.1) is 0 Å². The quantitative estimate of drug-likeness (QED) is 0.423. The van der Waals surface area contributed by atoms with Crippen LogP contribution in [0, 0.1) is 0 Å². The third kappa shape index (κ3) is 4.80. The highest BCUT2D eigenvalue weighted by molar-refractivity contribution is 8.14. The minimum atomic E-state index is -0.625. The molecule has 1 aliphatic rings. The molecule has 1 heterocycles. The van der Waals surface area contributed by atoms with Crippen LogP contribution in [0.3, 0.4) is 0 Å². The lowest BCUT2D eigenvalue weighted by molar-refractivity contribution is -0.140. The molecule has 28 heavy (non-hydrogen) atoms. The van der Waals surface area contributed by atoms with Gasteiger partial charge in [0.15, 0.2) is 17.7 Å². The molecule has 0 aromatic heterocycles. The Morgan fingerprint density at radius 1 is 1.11 bits per heavy atom. The summed E-state index contributed by atoms with van der Waals surface area (Å²) in [6.45, 7) is 4.26. The molecule has 0 radical (unpaired) electrons. The zero-order valence-electron chi connectivity index (χ0n) is 15.5. The number of nitrogens with zero attached hydrogens (tertiary/aromatic N) is 2. The maximum atomic E-state index is 12.5. The van der Waals surface area contributed by atoms with Gasteiger partial charge in [0.2, 0.25) is 0 Å². The average Bonchev–Trinajstić information content (AvgIpc) is 3.19. The van der Waals surface area contributed by atoms with Gasteiger partial charge in [0.1, 0.15) is 0 Å². The number of aliphatic imine (C=N–C) groups is 1. The minimum Gasteiger partial charge on any atom is -0.466 e. The Balaban J connectivity index is 1.65. The minimum absolute atomic E-state index is 0.0819. The van der Waals surface area contributed by atoms with Crippen LogP contribution in [0.15, 0.2) is 71.9 Å². The molecule has 1 aliphatic heterocycles. The second-order valence-corrected chi connectivity index (χ2v) is 7.01. The summed E-state index contributed by atoms with van der Waals surface area (Å²) in [6.07, 6.45) is 0. The Morgan fingerprint density at radius 2 is 1.79 bits per heavy atom. The molecular weight excluding hydrogens is 376 g/mol. The standard InChI is InChI=1S/C21H20N2O4S/c1-15(20(25)26-2)27-14-23-12-13-28-21(23)22-19(24)18-10-8-17(9-11-18)16-6-4-3-5-7-16/h3-11H,1,12-14H2,2H3/b22-21-. The molecule has 0 N–H and O–H groups in total. The van der Waals surface area contributed by atoms with Crippen molar-refractivity contribution in [2.24, 2.45) is 4.99 Å². The number of rotatable bonds is 6. The second-order valence-electron chi connectivity index (χ2n) is 5.94. The van der Waals surface area contributed by atoms with Gasteiger partial charge < -0.3 is 14.4 Å². The summed E-state index contributed by atoms with van der Waals surface area (Å²) in [5, 5.41) is 0.565. The Kier molecular flexibility index (Phi) is 6.49. The van der Waals surface area contributed by atoms with Gasteiger partial charge in [-0.05, 0) is 29.8 Å². The van der Waals surface area contributed by atoms with E-state index in [2.05, 4.69) is 16.3 Å². The number of ether oxygens (including phenoxy) is 2. The second kappa shape index (κ2) is 9.23. The van der Waals surface area contributed by atoms with Crippen molar-refractivity contribution in [3.05, 3.63) is 72.5 Å². The first kappa shape index (κ1) is 19.7. The molecule has 1 amide bonds. The van der Waals surface area contributed by atoms with E-state index >= 15 is 0 Å². The van der Waals surface area contributed by atoms with Crippen molar-refractivity contribution in [3.63, 3.8) is 0 Å². The number of methoxy groups -OCH3 is 1. The van der Waals surface area contributed by atoms with Crippen molar-refractivity contribution < 1.29 is 19.1 Å². The summed E-state index contributed by atoms with van der Waals surface area (Å²) in [4.78, 5) is 29.9. The van der Waals surface area contributed by atoms with E-state index in [9.17, 15) is 9.59 Å². The summed E-state index contributed by atoms with van der Waals surface area (Å²) in [5.41, 5.74) is 2.64. The van der Waals surface area contributed by atoms with E-state index in [1.54, 1.807) is 17.0 Å². The molecule has 1 saturated heterocycles. The summed E-state index contributed by atoms with van der Waals surface area (Å²) in [5.74, 6) is -0.241. The smallest absolute Gasteiger partial charge is 0.372 e. The van der Waals surface area contributed by atoms with Crippen LogP contribution in [-0.4, -0.2) is 48.1 Å². The lowest BCUT2D eigenvalue weighted by Gasteiger charge is -2.18. The topological polar surface area (TPSA) is 68.2 Å². The first-order valence-corrected chi connectivity index (χ1v) is 9.63. The fourth-order valence-electron chi connectivity index (χ4n) is 2.57. The van der Waals surface area contributed by atoms with E-state index in [0.29, 0.717) is 17.3 Å². The fraction of sp³-hybridized carbons (Fsp3) is 0.190. The number of hydrogen-bond donors (Lipinski definition) is 0. The molecule has 0 aliphatic carbocycles. The number of benzene rings is 2. The van der Waals surface area contributed by atoms with Crippen molar-refractivity contribution in [2.75, 3.05) is 26.1 Å². The van der Waals surface area contributed by atoms with Gasteiger partial charge in [-0.2, -0.15) is 4.99 Å². The number of amides is 1. The predicted molar refractivity (Wildman–Crippen MR) is 110 cm³/mol. The van der Waals surface area contributed by atoms with Crippen molar-refractivity contribution in [3.8, 4) is 11.1 Å². The van der Waals surface area contributed by atoms with Crippen LogP contribution in [0.25, 0.3) is 11.1 Å².